The van der Waals surface area contributed by atoms with E-state index in [1.807, 2.05) is 0 Å². The molecule has 2 aliphatic heterocycles. The summed E-state index contributed by atoms with van der Waals surface area (Å²) in [7, 11) is 0. The van der Waals surface area contributed by atoms with Crippen LogP contribution in [0.5, 0.6) is 0 Å². The molecule has 1 unspecified atom stereocenters. The number of hydrogen-bond donors (Lipinski definition) is 7. The molecular weight excluding hydrogens is 472 g/mol. The normalized spacial score (nSPS) is 26.3. The van der Waals surface area contributed by atoms with E-state index >= 15 is 0 Å². The van der Waals surface area contributed by atoms with Crippen molar-refractivity contribution in [2.75, 3.05) is 64.6 Å². The summed E-state index contributed by atoms with van der Waals surface area (Å²) in [5.41, 5.74) is 6.42. The molecule has 15 heteroatoms. The van der Waals surface area contributed by atoms with E-state index in [2.05, 4.69) is 36.2 Å². The summed E-state index contributed by atoms with van der Waals surface area (Å²) in [6.45, 7) is 5.95. The molecule has 36 heavy (non-hydrogen) atoms. The standard InChI is InChI=1S/C21H34N10O5/c22-18-14-19(28-11-27-18)31(12-29-14)21-16(34)15(33)17(36-21)20(35)26-2-1-13(32)30-9-7-24-5-3-23-4-6-25-8-10-30/h11-12,15-17,21,23-25,33-34H,1-10H2,(H,26,35)(H2,22,27,28)/t15-,16+,17-,21?/m0/s1. The van der Waals surface area contributed by atoms with Crippen molar-refractivity contribution in [2.24, 2.45) is 0 Å². The van der Waals surface area contributed by atoms with Gasteiger partial charge in [-0.1, -0.05) is 0 Å². The second-order valence-electron chi connectivity index (χ2n) is 8.68. The zero-order chi connectivity index (χ0) is 25.5. The molecule has 8 N–H and O–H groups in total. The van der Waals surface area contributed by atoms with E-state index in [1.54, 1.807) is 4.90 Å². The van der Waals surface area contributed by atoms with Gasteiger partial charge in [-0.2, -0.15) is 0 Å². The van der Waals surface area contributed by atoms with Crippen LogP contribution in [0.15, 0.2) is 12.7 Å². The van der Waals surface area contributed by atoms with E-state index in [1.165, 1.54) is 17.2 Å². The van der Waals surface area contributed by atoms with Crippen molar-refractivity contribution in [1.82, 2.24) is 45.7 Å². The number of ether oxygens (including phenoxy) is 1. The van der Waals surface area contributed by atoms with Crippen molar-refractivity contribution < 1.29 is 24.5 Å². The largest absolute Gasteiger partial charge is 0.387 e. The number of aliphatic hydroxyl groups is 2. The zero-order valence-corrected chi connectivity index (χ0v) is 20.0. The van der Waals surface area contributed by atoms with Gasteiger partial charge in [0.15, 0.2) is 23.8 Å². The smallest absolute Gasteiger partial charge is 0.252 e. The first-order valence-electron chi connectivity index (χ1n) is 12.1. The Bertz CT molecular complexity index is 1020. The zero-order valence-electron chi connectivity index (χ0n) is 20.0. The Morgan fingerprint density at radius 1 is 1.03 bits per heavy atom. The summed E-state index contributed by atoms with van der Waals surface area (Å²) in [6, 6.07) is 0. The Hall–Kier alpha value is -2.95. The molecule has 0 bridgehead atoms. The Morgan fingerprint density at radius 2 is 1.69 bits per heavy atom. The molecule has 2 aliphatic rings. The second-order valence-corrected chi connectivity index (χ2v) is 8.68. The van der Waals surface area contributed by atoms with E-state index in [4.69, 9.17) is 10.5 Å². The fourth-order valence-corrected chi connectivity index (χ4v) is 4.23. The quantitative estimate of drug-likeness (QED) is 0.208. The molecule has 0 aliphatic carbocycles. The van der Waals surface area contributed by atoms with Gasteiger partial charge in [-0.25, -0.2) is 15.0 Å². The predicted octanol–water partition coefficient (Wildman–Crippen LogP) is -3.85. The molecule has 0 radical (unpaired) electrons. The van der Waals surface area contributed by atoms with Crippen LogP contribution in [0.25, 0.3) is 11.2 Å². The molecule has 4 heterocycles. The van der Waals surface area contributed by atoms with Crippen molar-refractivity contribution in [3.63, 3.8) is 0 Å². The molecule has 4 rings (SSSR count). The molecule has 4 atom stereocenters. The molecule has 2 aromatic heterocycles. The average molecular weight is 507 g/mol. The first-order valence-corrected chi connectivity index (χ1v) is 12.1. The first-order chi connectivity index (χ1) is 17.5. The Labute approximate surface area is 207 Å². The van der Waals surface area contributed by atoms with Gasteiger partial charge in [0.05, 0.1) is 6.33 Å². The molecule has 0 spiro atoms. The minimum atomic E-state index is -1.48. The lowest BCUT2D eigenvalue weighted by Crippen LogP contribution is -2.46. The number of carbonyl (C=O) groups excluding carboxylic acids is 2. The highest BCUT2D eigenvalue weighted by Crippen LogP contribution is 2.32. The van der Waals surface area contributed by atoms with Crippen LogP contribution in [0.2, 0.25) is 0 Å². The number of nitrogens with one attached hydrogen (secondary N) is 4. The van der Waals surface area contributed by atoms with Crippen LogP contribution < -0.4 is 27.0 Å². The van der Waals surface area contributed by atoms with Crippen LogP contribution in [-0.2, 0) is 14.3 Å². The molecule has 198 valence electrons. The maximum absolute atomic E-state index is 12.7. The average Bonchev–Trinajstić information content (AvgIpc) is 3.41. The summed E-state index contributed by atoms with van der Waals surface area (Å²) in [5.74, 6) is -0.548. The highest BCUT2D eigenvalue weighted by atomic mass is 16.6. The Kier molecular flexibility index (Phi) is 8.95. The van der Waals surface area contributed by atoms with E-state index in [-0.39, 0.29) is 24.7 Å². The number of nitrogen functional groups attached to an aromatic ring is 1. The van der Waals surface area contributed by atoms with E-state index < -0.39 is 30.4 Å². The van der Waals surface area contributed by atoms with Gasteiger partial charge in [-0.05, 0) is 0 Å². The Morgan fingerprint density at radius 3 is 2.39 bits per heavy atom. The number of imidazole rings is 1. The molecule has 0 saturated carbocycles. The topological polar surface area (TPSA) is 205 Å². The van der Waals surface area contributed by atoms with Gasteiger partial charge in [-0.3, -0.25) is 14.2 Å². The first kappa shape index (κ1) is 26.1. The molecular formula is C21H34N10O5. The summed E-state index contributed by atoms with van der Waals surface area (Å²) in [5, 5.41) is 33.6. The third-order valence-electron chi connectivity index (χ3n) is 6.22. The lowest BCUT2D eigenvalue weighted by atomic mass is 10.1. The maximum atomic E-state index is 12.7. The number of aromatic nitrogens is 4. The van der Waals surface area contributed by atoms with Crippen LogP contribution >= 0.6 is 0 Å². The van der Waals surface area contributed by atoms with Gasteiger partial charge in [0.25, 0.3) is 5.91 Å². The summed E-state index contributed by atoms with van der Waals surface area (Å²) in [4.78, 5) is 39.3. The third-order valence-corrected chi connectivity index (χ3v) is 6.22. The minimum absolute atomic E-state index is 0.0735. The lowest BCUT2D eigenvalue weighted by molar-refractivity contribution is -0.138. The number of rotatable bonds is 5. The fraction of sp³-hybridized carbons (Fsp3) is 0.667. The number of hydrogen-bond acceptors (Lipinski definition) is 12. The van der Waals surface area contributed by atoms with E-state index in [0.717, 1.165) is 26.2 Å². The number of nitrogens with zero attached hydrogens (tertiary/aromatic N) is 5. The van der Waals surface area contributed by atoms with Crippen LogP contribution in [0.3, 0.4) is 0 Å². The van der Waals surface area contributed by atoms with E-state index in [0.29, 0.717) is 37.3 Å². The molecule has 15 nitrogen and oxygen atoms in total. The number of carbonyl (C=O) groups is 2. The third kappa shape index (κ3) is 6.05. The predicted molar refractivity (Wildman–Crippen MR) is 128 cm³/mol. The summed E-state index contributed by atoms with van der Waals surface area (Å²) < 4.78 is 7.08. The minimum Gasteiger partial charge on any atom is -0.387 e. The lowest BCUT2D eigenvalue weighted by Gasteiger charge is -2.24. The summed E-state index contributed by atoms with van der Waals surface area (Å²) in [6.07, 6.45) is -2.62. The monoisotopic (exact) mass is 506 g/mol. The number of anilines is 1. The van der Waals surface area contributed by atoms with E-state index in [9.17, 15) is 19.8 Å². The van der Waals surface area contributed by atoms with Gasteiger partial charge >= 0.3 is 0 Å². The maximum Gasteiger partial charge on any atom is 0.252 e. The number of aliphatic hydroxyl groups excluding tert-OH is 2. The summed E-state index contributed by atoms with van der Waals surface area (Å²) >= 11 is 0. The molecule has 2 aromatic rings. The van der Waals surface area contributed by atoms with Gasteiger partial charge in [0.1, 0.15) is 24.1 Å². The van der Waals surface area contributed by atoms with Gasteiger partial charge in [-0.15, -0.1) is 0 Å². The van der Waals surface area contributed by atoms with Crippen LogP contribution in [-0.4, -0.2) is 124 Å². The Balaban J connectivity index is 1.29. The highest BCUT2D eigenvalue weighted by molar-refractivity contribution is 5.83. The molecule has 2 fully saturated rings. The van der Waals surface area contributed by atoms with Crippen molar-refractivity contribution in [3.8, 4) is 0 Å². The SMILES string of the molecule is Nc1ncnc2c1ncn2C1O[C@H](C(=O)NCCC(=O)N2CCNCCNCCNCC2)[C@@H](O)[C@H]1O. The molecule has 0 aromatic carbocycles. The van der Waals surface area contributed by atoms with Crippen molar-refractivity contribution in [2.45, 2.75) is 31.0 Å². The fourth-order valence-electron chi connectivity index (χ4n) is 4.23. The van der Waals surface area contributed by atoms with Crippen molar-refractivity contribution >= 4 is 28.8 Å². The number of amides is 2. The van der Waals surface area contributed by atoms with Crippen LogP contribution in [0.1, 0.15) is 12.6 Å². The number of fused-ring (bicyclic) bond motifs is 1. The van der Waals surface area contributed by atoms with Crippen LogP contribution in [0, 0.1) is 0 Å². The molecule has 2 saturated heterocycles. The van der Waals surface area contributed by atoms with Gasteiger partial charge in [0, 0.05) is 65.3 Å². The van der Waals surface area contributed by atoms with Crippen molar-refractivity contribution in [1.29, 1.82) is 0 Å². The highest BCUT2D eigenvalue weighted by Gasteiger charge is 2.47. The second kappa shape index (κ2) is 12.3. The van der Waals surface area contributed by atoms with Crippen LogP contribution in [0.4, 0.5) is 5.82 Å². The van der Waals surface area contributed by atoms with Gasteiger partial charge < -0.3 is 46.9 Å². The number of nitrogens with two attached hydrogens (primary N) is 1. The van der Waals surface area contributed by atoms with Crippen molar-refractivity contribution in [3.05, 3.63) is 12.7 Å². The van der Waals surface area contributed by atoms with Gasteiger partial charge in [0.2, 0.25) is 5.91 Å². The molecule has 2 amide bonds.